The van der Waals surface area contributed by atoms with Crippen LogP contribution in [-0.2, 0) is 4.79 Å². The summed E-state index contributed by atoms with van der Waals surface area (Å²) in [5, 5.41) is 1.25. The summed E-state index contributed by atoms with van der Waals surface area (Å²) < 4.78 is 41.6. The monoisotopic (exact) mass is 357 g/mol. The number of rotatable bonds is 3. The van der Waals surface area contributed by atoms with Crippen molar-refractivity contribution in [3.05, 3.63) is 32.9 Å². The van der Waals surface area contributed by atoms with Gasteiger partial charge in [0.2, 0.25) is 5.78 Å². The molecule has 2 heterocycles. The molecule has 0 aliphatic carbocycles. The van der Waals surface area contributed by atoms with Crippen LogP contribution in [0.2, 0.25) is 0 Å². The van der Waals surface area contributed by atoms with Crippen LogP contribution < -0.4 is 0 Å². The molecule has 1 aromatic heterocycles. The highest BCUT2D eigenvalue weighted by Crippen LogP contribution is 2.44. The molecule has 1 aromatic rings. The molecule has 0 spiro atoms. The number of Topliss-reactive ketones (excluding diaryl/α,β-unsaturated/α-hetero) is 2. The number of halogens is 4. The van der Waals surface area contributed by atoms with Crippen molar-refractivity contribution >= 4 is 61.4 Å². The third kappa shape index (κ3) is 3.11. The largest absolute Gasteiger partial charge is 0.455 e. The predicted octanol–water partition coefficient (Wildman–Crippen LogP) is 4.26. The van der Waals surface area contributed by atoms with E-state index in [1.54, 1.807) is 0 Å². The average molecular weight is 358 g/mol. The molecule has 0 atom stereocenters. The quantitative estimate of drug-likeness (QED) is 0.202. The third-order valence-corrected chi connectivity index (χ3v) is 5.31. The molecule has 106 valence electrons. The number of nitrogens with zero attached hydrogens (tertiary/aromatic N) is 1. The summed E-state index contributed by atoms with van der Waals surface area (Å²) in [5.41, 5.74) is -0.983. The van der Waals surface area contributed by atoms with Crippen molar-refractivity contribution < 1.29 is 22.8 Å². The summed E-state index contributed by atoms with van der Waals surface area (Å²) >= 11 is 6.60. The highest BCUT2D eigenvalue weighted by molar-refractivity contribution is 8.78. The molecule has 3 nitrogen and oxygen atoms in total. The fourth-order valence-electron chi connectivity index (χ4n) is 1.29. The number of allylic oxidation sites excluding steroid dienone is 2. The van der Waals surface area contributed by atoms with Crippen molar-refractivity contribution in [2.45, 2.75) is 6.18 Å². The minimum Gasteiger partial charge on any atom is -0.288 e. The number of alkyl halides is 3. The van der Waals surface area contributed by atoms with Crippen molar-refractivity contribution in [1.29, 1.82) is 0 Å². The Morgan fingerprint density at radius 3 is 2.45 bits per heavy atom. The van der Waals surface area contributed by atoms with Crippen LogP contribution in [0, 0.1) is 0 Å². The van der Waals surface area contributed by atoms with Gasteiger partial charge in [0.05, 0.1) is 26.3 Å². The van der Waals surface area contributed by atoms with Gasteiger partial charge in [0.15, 0.2) is 5.17 Å². The van der Waals surface area contributed by atoms with Crippen molar-refractivity contribution in [3.63, 3.8) is 0 Å². The van der Waals surface area contributed by atoms with E-state index < -0.39 is 23.3 Å². The minimum absolute atomic E-state index is 0.0343. The van der Waals surface area contributed by atoms with Crippen LogP contribution in [0.4, 0.5) is 13.2 Å². The van der Waals surface area contributed by atoms with Crippen LogP contribution in [0.5, 0.6) is 0 Å². The summed E-state index contributed by atoms with van der Waals surface area (Å²) in [7, 11) is 1.56. The van der Waals surface area contributed by atoms with Crippen LogP contribution in [0.3, 0.4) is 0 Å². The predicted molar refractivity (Wildman–Crippen MR) is 75.2 cm³/mol. The zero-order valence-electron chi connectivity index (χ0n) is 9.23. The van der Waals surface area contributed by atoms with E-state index >= 15 is 0 Å². The molecule has 0 saturated heterocycles. The molecule has 0 amide bonds. The van der Waals surface area contributed by atoms with Gasteiger partial charge in [0.1, 0.15) is 0 Å². The highest BCUT2D eigenvalue weighted by atomic mass is 35.5. The van der Waals surface area contributed by atoms with E-state index in [-0.39, 0.29) is 15.0 Å². The van der Waals surface area contributed by atoms with Crippen LogP contribution in [-0.4, -0.2) is 22.9 Å². The summed E-state index contributed by atoms with van der Waals surface area (Å²) in [6.07, 6.45) is -5.15. The normalized spacial score (nSPS) is 17.9. The van der Waals surface area contributed by atoms with Gasteiger partial charge in [0.25, 0.3) is 5.78 Å². The average Bonchev–Trinajstić information content (AvgIpc) is 3.00. The molecule has 1 aliphatic heterocycles. The Labute approximate surface area is 127 Å². The van der Waals surface area contributed by atoms with Gasteiger partial charge in [-0.1, -0.05) is 17.7 Å². The number of hydrogen-bond acceptors (Lipinski definition) is 6. The molecule has 2 rings (SSSR count). The lowest BCUT2D eigenvalue weighted by Crippen LogP contribution is -2.29. The number of carbonyl (C=O) groups excluding carboxylic acids is 2. The summed E-state index contributed by atoms with van der Waals surface area (Å²) in [6.45, 7) is 0. The Bertz CT molecular complexity index is 622. The van der Waals surface area contributed by atoms with E-state index in [1.165, 1.54) is 17.5 Å². The molecule has 0 bridgehead atoms. The maximum atomic E-state index is 12.7. The Hall–Kier alpha value is -0.770. The Morgan fingerprint density at radius 2 is 2.00 bits per heavy atom. The highest BCUT2D eigenvalue weighted by Gasteiger charge is 2.45. The molecule has 10 heteroatoms. The second kappa shape index (κ2) is 5.92. The molecule has 0 unspecified atom stereocenters. The molecule has 0 aromatic carbocycles. The van der Waals surface area contributed by atoms with Gasteiger partial charge >= 0.3 is 6.18 Å². The first-order chi connectivity index (χ1) is 9.32. The second-order valence-corrected chi connectivity index (χ2v) is 6.54. The first-order valence-electron chi connectivity index (χ1n) is 4.84. The SMILES string of the molecule is O=C(/C(C(=O)C(F)(F)F)=C1/SSN=C1Cl)c1cccs1. The van der Waals surface area contributed by atoms with Crippen LogP contribution in [0.25, 0.3) is 0 Å². The molecule has 0 saturated carbocycles. The lowest BCUT2D eigenvalue weighted by molar-refractivity contribution is -0.166. The molecule has 1 aliphatic rings. The molecule has 0 fully saturated rings. The van der Waals surface area contributed by atoms with Crippen molar-refractivity contribution in [3.8, 4) is 0 Å². The number of ketones is 2. The maximum absolute atomic E-state index is 12.7. The number of hydrogen-bond donors (Lipinski definition) is 0. The number of carbonyl (C=O) groups is 2. The number of thiophene rings is 1. The molecule has 0 radical (unpaired) electrons. The standard InChI is InChI=1S/C10H3ClF3NO2S3/c11-9-7(19-20-15-9)5(8(17)10(12,13)14)6(16)4-2-1-3-18-4/h1-3H/b7-5-. The van der Waals surface area contributed by atoms with E-state index in [9.17, 15) is 22.8 Å². The molecular formula is C10H3ClF3NO2S3. The van der Waals surface area contributed by atoms with E-state index in [0.717, 1.165) is 33.1 Å². The van der Waals surface area contributed by atoms with E-state index in [1.807, 2.05) is 0 Å². The summed E-state index contributed by atoms with van der Waals surface area (Å²) in [4.78, 5) is 23.4. The van der Waals surface area contributed by atoms with Gasteiger partial charge in [-0.15, -0.1) is 11.3 Å². The fourth-order valence-corrected chi connectivity index (χ4v) is 4.29. The van der Waals surface area contributed by atoms with Crippen LogP contribution >= 0.6 is 44.7 Å². The van der Waals surface area contributed by atoms with Crippen molar-refractivity contribution in [1.82, 2.24) is 0 Å². The third-order valence-electron chi connectivity index (χ3n) is 2.11. The Balaban J connectivity index is 2.55. The van der Waals surface area contributed by atoms with Crippen LogP contribution in [0.15, 0.2) is 32.4 Å². The Morgan fingerprint density at radius 1 is 1.30 bits per heavy atom. The smallest absolute Gasteiger partial charge is 0.288 e. The lowest BCUT2D eigenvalue weighted by Gasteiger charge is -2.10. The van der Waals surface area contributed by atoms with Gasteiger partial charge in [-0.2, -0.15) is 17.6 Å². The van der Waals surface area contributed by atoms with Gasteiger partial charge < -0.3 is 0 Å². The van der Waals surface area contributed by atoms with Gasteiger partial charge in [-0.05, 0) is 22.2 Å². The van der Waals surface area contributed by atoms with Crippen molar-refractivity contribution in [2.24, 2.45) is 4.40 Å². The summed E-state index contributed by atoms with van der Waals surface area (Å²) in [5.74, 6) is -3.21. The van der Waals surface area contributed by atoms with E-state index in [2.05, 4.69) is 4.40 Å². The van der Waals surface area contributed by atoms with E-state index in [4.69, 9.17) is 11.6 Å². The molecule has 20 heavy (non-hydrogen) atoms. The molecule has 0 N–H and O–H groups in total. The van der Waals surface area contributed by atoms with Crippen LogP contribution in [0.1, 0.15) is 9.67 Å². The van der Waals surface area contributed by atoms with Gasteiger partial charge in [-0.25, -0.2) is 0 Å². The first-order valence-corrected chi connectivity index (χ1v) is 8.20. The Kier molecular flexibility index (Phi) is 4.62. The van der Waals surface area contributed by atoms with Crippen molar-refractivity contribution in [2.75, 3.05) is 0 Å². The topological polar surface area (TPSA) is 46.5 Å². The first kappa shape index (κ1) is 15.6. The maximum Gasteiger partial charge on any atom is 0.455 e. The van der Waals surface area contributed by atoms with Gasteiger partial charge in [-0.3, -0.25) is 9.59 Å². The molecular weight excluding hydrogens is 355 g/mol. The zero-order chi connectivity index (χ0) is 14.9. The minimum atomic E-state index is -5.15. The summed E-state index contributed by atoms with van der Waals surface area (Å²) in [6, 6.07) is 2.85. The van der Waals surface area contributed by atoms with E-state index in [0.29, 0.717) is 0 Å². The lowest BCUT2D eigenvalue weighted by atomic mass is 10.0. The fraction of sp³-hybridized carbons (Fsp3) is 0.100. The second-order valence-electron chi connectivity index (χ2n) is 3.38. The zero-order valence-corrected chi connectivity index (χ0v) is 12.4. The van der Waals surface area contributed by atoms with Gasteiger partial charge in [0, 0.05) is 0 Å².